The lowest BCUT2D eigenvalue weighted by atomic mass is 10.1. The fourth-order valence-corrected chi connectivity index (χ4v) is 5.03. The minimum absolute atomic E-state index is 0.209. The van der Waals surface area contributed by atoms with E-state index in [0.717, 1.165) is 16.7 Å². The monoisotopic (exact) mass is 461 g/mol. The standard InChI is InChI=1S/C22H14ClF2NO2S2/c1-30(27,28)17-9-4-14(5-10-17)21-20(13-2-6-15(24)7-3-13)26-22(29-21)18-11-8-16(25)12-19(18)23/h2-12H,1H3. The van der Waals surface area contributed by atoms with E-state index in [1.165, 1.54) is 47.7 Å². The van der Waals surface area contributed by atoms with Crippen LogP contribution in [0.3, 0.4) is 0 Å². The zero-order valence-corrected chi connectivity index (χ0v) is 18.0. The Kier molecular flexibility index (Phi) is 5.44. The molecule has 0 aliphatic rings. The maximum Gasteiger partial charge on any atom is 0.175 e. The van der Waals surface area contributed by atoms with Crippen molar-refractivity contribution in [2.75, 3.05) is 6.26 Å². The Labute approximate surface area is 181 Å². The largest absolute Gasteiger partial charge is 0.235 e. The van der Waals surface area contributed by atoms with Gasteiger partial charge in [0.15, 0.2) is 9.84 Å². The van der Waals surface area contributed by atoms with E-state index in [2.05, 4.69) is 4.98 Å². The van der Waals surface area contributed by atoms with Gasteiger partial charge in [0, 0.05) is 17.4 Å². The van der Waals surface area contributed by atoms with E-state index in [1.807, 2.05) is 0 Å². The number of thiazole rings is 1. The van der Waals surface area contributed by atoms with Gasteiger partial charge in [0.25, 0.3) is 0 Å². The molecule has 0 N–H and O–H groups in total. The van der Waals surface area contributed by atoms with Gasteiger partial charge in [-0.2, -0.15) is 0 Å². The van der Waals surface area contributed by atoms with Crippen LogP contribution in [-0.2, 0) is 9.84 Å². The quantitative estimate of drug-likeness (QED) is 0.349. The number of sulfone groups is 1. The van der Waals surface area contributed by atoms with E-state index in [-0.39, 0.29) is 15.7 Å². The number of aromatic nitrogens is 1. The molecular formula is C22H14ClF2NO2S2. The number of rotatable bonds is 4. The predicted octanol–water partition coefficient (Wildman–Crippen LogP) is 6.48. The van der Waals surface area contributed by atoms with Gasteiger partial charge in [-0.3, -0.25) is 0 Å². The molecule has 4 aromatic rings. The normalized spacial score (nSPS) is 11.6. The second-order valence-electron chi connectivity index (χ2n) is 6.62. The van der Waals surface area contributed by atoms with Crippen molar-refractivity contribution in [3.05, 3.63) is 83.4 Å². The van der Waals surface area contributed by atoms with E-state index in [1.54, 1.807) is 30.3 Å². The van der Waals surface area contributed by atoms with Crippen molar-refractivity contribution < 1.29 is 17.2 Å². The molecule has 0 radical (unpaired) electrons. The van der Waals surface area contributed by atoms with Crippen LogP contribution in [0, 0.1) is 11.6 Å². The lowest BCUT2D eigenvalue weighted by Crippen LogP contribution is -1.96. The summed E-state index contributed by atoms with van der Waals surface area (Å²) in [5, 5.41) is 0.801. The maximum atomic E-state index is 13.5. The Morgan fingerprint density at radius 3 is 2.07 bits per heavy atom. The summed E-state index contributed by atoms with van der Waals surface area (Å²) in [4.78, 5) is 5.66. The van der Waals surface area contributed by atoms with E-state index >= 15 is 0 Å². The average molecular weight is 462 g/mol. The first-order valence-corrected chi connectivity index (χ1v) is 11.8. The summed E-state index contributed by atoms with van der Waals surface area (Å²) in [5.41, 5.74) is 2.62. The predicted molar refractivity (Wildman–Crippen MR) is 116 cm³/mol. The van der Waals surface area contributed by atoms with Crippen molar-refractivity contribution in [3.63, 3.8) is 0 Å². The van der Waals surface area contributed by atoms with Crippen LogP contribution >= 0.6 is 22.9 Å². The minimum atomic E-state index is -3.32. The van der Waals surface area contributed by atoms with Gasteiger partial charge in [0.05, 0.1) is 20.5 Å². The van der Waals surface area contributed by atoms with Crippen molar-refractivity contribution in [1.29, 1.82) is 0 Å². The zero-order chi connectivity index (χ0) is 21.5. The smallest absolute Gasteiger partial charge is 0.175 e. The maximum absolute atomic E-state index is 13.5. The molecule has 0 atom stereocenters. The first kappa shape index (κ1) is 20.7. The molecule has 0 amide bonds. The molecule has 0 aliphatic carbocycles. The number of nitrogens with zero attached hydrogens (tertiary/aromatic N) is 1. The van der Waals surface area contributed by atoms with Crippen LogP contribution in [0.2, 0.25) is 5.02 Å². The highest BCUT2D eigenvalue weighted by atomic mass is 35.5. The molecule has 0 fully saturated rings. The summed E-state index contributed by atoms with van der Waals surface area (Å²) in [7, 11) is -3.32. The number of hydrogen-bond acceptors (Lipinski definition) is 4. The number of halogens is 3. The lowest BCUT2D eigenvalue weighted by molar-refractivity contribution is 0.602. The second kappa shape index (κ2) is 7.91. The Morgan fingerprint density at radius 2 is 1.47 bits per heavy atom. The molecule has 152 valence electrons. The molecule has 0 unspecified atom stereocenters. The molecular weight excluding hydrogens is 448 g/mol. The summed E-state index contributed by atoms with van der Waals surface area (Å²) in [6, 6.07) is 16.5. The van der Waals surface area contributed by atoms with Gasteiger partial charge in [0.2, 0.25) is 0 Å². The third-order valence-electron chi connectivity index (χ3n) is 4.45. The lowest BCUT2D eigenvalue weighted by Gasteiger charge is -2.04. The van der Waals surface area contributed by atoms with Crippen LogP contribution in [0.15, 0.2) is 71.6 Å². The topological polar surface area (TPSA) is 47.0 Å². The van der Waals surface area contributed by atoms with E-state index < -0.39 is 15.7 Å². The van der Waals surface area contributed by atoms with E-state index in [0.29, 0.717) is 21.8 Å². The van der Waals surface area contributed by atoms with Gasteiger partial charge < -0.3 is 0 Å². The molecule has 1 heterocycles. The molecule has 3 nitrogen and oxygen atoms in total. The van der Waals surface area contributed by atoms with Crippen LogP contribution in [0.1, 0.15) is 0 Å². The molecule has 8 heteroatoms. The van der Waals surface area contributed by atoms with Gasteiger partial charge >= 0.3 is 0 Å². The van der Waals surface area contributed by atoms with Crippen LogP contribution < -0.4 is 0 Å². The highest BCUT2D eigenvalue weighted by Gasteiger charge is 2.18. The first-order chi connectivity index (χ1) is 14.2. The SMILES string of the molecule is CS(=O)(=O)c1ccc(-c2sc(-c3ccc(F)cc3Cl)nc2-c2ccc(F)cc2)cc1. The number of benzene rings is 3. The van der Waals surface area contributed by atoms with Gasteiger partial charge in [0.1, 0.15) is 16.6 Å². The van der Waals surface area contributed by atoms with Crippen molar-refractivity contribution in [2.24, 2.45) is 0 Å². The van der Waals surface area contributed by atoms with Crippen LogP contribution in [0.25, 0.3) is 32.3 Å². The molecule has 0 bridgehead atoms. The molecule has 30 heavy (non-hydrogen) atoms. The highest BCUT2D eigenvalue weighted by molar-refractivity contribution is 7.90. The summed E-state index contributed by atoms with van der Waals surface area (Å²) in [6.45, 7) is 0. The van der Waals surface area contributed by atoms with Crippen molar-refractivity contribution in [1.82, 2.24) is 4.98 Å². The molecule has 4 rings (SSSR count). The molecule has 0 aliphatic heterocycles. The molecule has 0 spiro atoms. The second-order valence-corrected chi connectivity index (χ2v) is 10.0. The van der Waals surface area contributed by atoms with Crippen molar-refractivity contribution in [2.45, 2.75) is 4.90 Å². The molecule has 0 saturated heterocycles. The fraction of sp³-hybridized carbons (Fsp3) is 0.0455. The first-order valence-electron chi connectivity index (χ1n) is 8.75. The third-order valence-corrected chi connectivity index (χ3v) is 7.03. The minimum Gasteiger partial charge on any atom is -0.235 e. The van der Waals surface area contributed by atoms with Gasteiger partial charge in [-0.15, -0.1) is 11.3 Å². The van der Waals surface area contributed by atoms with E-state index in [9.17, 15) is 17.2 Å². The Balaban J connectivity index is 1.89. The summed E-state index contributed by atoms with van der Waals surface area (Å²) in [5.74, 6) is -0.814. The third kappa shape index (κ3) is 4.14. The number of hydrogen-bond donors (Lipinski definition) is 0. The average Bonchev–Trinajstić information content (AvgIpc) is 3.13. The van der Waals surface area contributed by atoms with Crippen LogP contribution in [-0.4, -0.2) is 19.7 Å². The fourth-order valence-electron chi connectivity index (χ4n) is 2.95. The molecule has 1 aromatic heterocycles. The molecule has 3 aromatic carbocycles. The Bertz CT molecular complexity index is 1330. The summed E-state index contributed by atoms with van der Waals surface area (Å²) >= 11 is 7.56. The Hall–Kier alpha value is -2.61. The van der Waals surface area contributed by atoms with Gasteiger partial charge in [-0.25, -0.2) is 22.2 Å². The zero-order valence-electron chi connectivity index (χ0n) is 15.6. The Morgan fingerprint density at radius 1 is 0.867 bits per heavy atom. The molecule has 0 saturated carbocycles. The van der Waals surface area contributed by atoms with Crippen LogP contribution in [0.4, 0.5) is 8.78 Å². The van der Waals surface area contributed by atoms with Gasteiger partial charge in [-0.1, -0.05) is 23.7 Å². The van der Waals surface area contributed by atoms with Crippen molar-refractivity contribution in [3.8, 4) is 32.3 Å². The summed E-state index contributed by atoms with van der Waals surface area (Å²) in [6.07, 6.45) is 1.15. The van der Waals surface area contributed by atoms with Crippen molar-refractivity contribution >= 4 is 32.8 Å². The van der Waals surface area contributed by atoms with Crippen LogP contribution in [0.5, 0.6) is 0 Å². The summed E-state index contributed by atoms with van der Waals surface area (Å²) < 4.78 is 50.4. The van der Waals surface area contributed by atoms with Gasteiger partial charge in [-0.05, 0) is 60.2 Å². The van der Waals surface area contributed by atoms with E-state index in [4.69, 9.17) is 11.6 Å². The highest BCUT2D eigenvalue weighted by Crippen LogP contribution is 2.42.